The quantitative estimate of drug-likeness (QED) is 0.874. The van der Waals surface area contributed by atoms with Crippen LogP contribution in [0.2, 0.25) is 0 Å². The van der Waals surface area contributed by atoms with Gasteiger partial charge < -0.3 is 20.1 Å². The maximum absolute atomic E-state index is 5.93. The normalized spacial score (nSPS) is 24.7. The molecular formula is C15H24N2O2. The van der Waals surface area contributed by atoms with Crippen molar-refractivity contribution in [3.63, 3.8) is 0 Å². The van der Waals surface area contributed by atoms with Gasteiger partial charge in [0.05, 0.1) is 0 Å². The predicted molar refractivity (Wildman–Crippen MR) is 77.6 cm³/mol. The summed E-state index contributed by atoms with van der Waals surface area (Å²) in [6, 6.07) is 8.62. The molecule has 0 spiro atoms. The lowest BCUT2D eigenvalue weighted by molar-refractivity contribution is -0.00461. The van der Waals surface area contributed by atoms with Gasteiger partial charge in [-0.2, -0.15) is 0 Å². The number of nitrogens with zero attached hydrogens (tertiary/aromatic N) is 1. The predicted octanol–water partition coefficient (Wildman–Crippen LogP) is 1.43. The zero-order valence-corrected chi connectivity index (χ0v) is 12.0. The number of benzene rings is 1. The van der Waals surface area contributed by atoms with Gasteiger partial charge in [-0.05, 0) is 25.0 Å². The molecule has 3 atom stereocenters. The Labute approximate surface area is 115 Å². The molecule has 0 aromatic heterocycles. The van der Waals surface area contributed by atoms with Gasteiger partial charge in [0.15, 0.2) is 0 Å². The SMILES string of the molecule is COC1CN(c2ccccc2CC(C)N)CC1OC. The highest BCUT2D eigenvalue weighted by Crippen LogP contribution is 2.27. The molecule has 1 aromatic rings. The van der Waals surface area contributed by atoms with Crippen molar-refractivity contribution in [2.75, 3.05) is 32.2 Å². The summed E-state index contributed by atoms with van der Waals surface area (Å²) in [6.45, 7) is 3.77. The minimum absolute atomic E-state index is 0.133. The van der Waals surface area contributed by atoms with Crippen LogP contribution in [0.15, 0.2) is 24.3 Å². The van der Waals surface area contributed by atoms with Gasteiger partial charge in [-0.3, -0.25) is 0 Å². The van der Waals surface area contributed by atoms with E-state index >= 15 is 0 Å². The van der Waals surface area contributed by atoms with E-state index in [-0.39, 0.29) is 18.2 Å². The Hall–Kier alpha value is -1.10. The molecule has 1 heterocycles. The lowest BCUT2D eigenvalue weighted by atomic mass is 10.0. The average molecular weight is 264 g/mol. The van der Waals surface area contributed by atoms with Crippen molar-refractivity contribution >= 4 is 5.69 Å². The monoisotopic (exact) mass is 264 g/mol. The van der Waals surface area contributed by atoms with Gasteiger partial charge in [-0.1, -0.05) is 18.2 Å². The third kappa shape index (κ3) is 3.26. The molecule has 2 N–H and O–H groups in total. The van der Waals surface area contributed by atoms with Crippen molar-refractivity contribution in [3.8, 4) is 0 Å². The summed E-state index contributed by atoms with van der Waals surface area (Å²) in [4.78, 5) is 2.33. The van der Waals surface area contributed by atoms with Crippen LogP contribution in [0.1, 0.15) is 12.5 Å². The highest BCUT2D eigenvalue weighted by Gasteiger charge is 2.33. The average Bonchev–Trinajstić information content (AvgIpc) is 2.81. The molecule has 0 amide bonds. The number of hydrogen-bond acceptors (Lipinski definition) is 4. The molecule has 1 aromatic carbocycles. The van der Waals surface area contributed by atoms with E-state index in [2.05, 4.69) is 29.2 Å². The van der Waals surface area contributed by atoms with Crippen molar-refractivity contribution in [1.82, 2.24) is 0 Å². The van der Waals surface area contributed by atoms with Gasteiger partial charge >= 0.3 is 0 Å². The number of rotatable bonds is 5. The van der Waals surface area contributed by atoms with Gasteiger partial charge in [-0.15, -0.1) is 0 Å². The van der Waals surface area contributed by atoms with Gasteiger partial charge in [0.1, 0.15) is 12.2 Å². The minimum Gasteiger partial charge on any atom is -0.377 e. The van der Waals surface area contributed by atoms with Crippen LogP contribution in [0.4, 0.5) is 5.69 Å². The third-order valence-corrected chi connectivity index (χ3v) is 3.70. The second-order valence-electron chi connectivity index (χ2n) is 5.26. The Morgan fingerprint density at radius 1 is 1.21 bits per heavy atom. The van der Waals surface area contributed by atoms with Crippen LogP contribution >= 0.6 is 0 Å². The van der Waals surface area contributed by atoms with E-state index in [1.165, 1.54) is 11.3 Å². The van der Waals surface area contributed by atoms with Crippen LogP contribution in [0.3, 0.4) is 0 Å². The highest BCUT2D eigenvalue weighted by atomic mass is 16.5. The smallest absolute Gasteiger partial charge is 0.102 e. The lowest BCUT2D eigenvalue weighted by Crippen LogP contribution is -2.27. The summed E-state index contributed by atoms with van der Waals surface area (Å²) in [6.07, 6.45) is 1.16. The van der Waals surface area contributed by atoms with E-state index in [9.17, 15) is 0 Å². The fourth-order valence-electron chi connectivity index (χ4n) is 2.73. The first-order valence-electron chi connectivity index (χ1n) is 6.79. The second kappa shape index (κ2) is 6.37. The fraction of sp³-hybridized carbons (Fsp3) is 0.600. The number of nitrogens with two attached hydrogens (primary N) is 1. The zero-order chi connectivity index (χ0) is 13.8. The third-order valence-electron chi connectivity index (χ3n) is 3.70. The number of hydrogen-bond donors (Lipinski definition) is 1. The maximum Gasteiger partial charge on any atom is 0.102 e. The van der Waals surface area contributed by atoms with Crippen molar-refractivity contribution in [2.24, 2.45) is 5.73 Å². The molecule has 1 fully saturated rings. The minimum atomic E-state index is 0.133. The largest absolute Gasteiger partial charge is 0.377 e. The number of ether oxygens (including phenoxy) is 2. The maximum atomic E-state index is 5.93. The van der Waals surface area contributed by atoms with Crippen molar-refractivity contribution in [2.45, 2.75) is 31.6 Å². The summed E-state index contributed by atoms with van der Waals surface area (Å²) in [5.74, 6) is 0. The van der Waals surface area contributed by atoms with Crippen molar-refractivity contribution in [1.29, 1.82) is 0 Å². The lowest BCUT2D eigenvalue weighted by Gasteiger charge is -2.22. The molecule has 1 aliphatic heterocycles. The number of para-hydroxylation sites is 1. The highest BCUT2D eigenvalue weighted by molar-refractivity contribution is 5.55. The summed E-state index contributed by atoms with van der Waals surface area (Å²) >= 11 is 0. The molecule has 0 bridgehead atoms. The first-order valence-corrected chi connectivity index (χ1v) is 6.79. The topological polar surface area (TPSA) is 47.7 Å². The van der Waals surface area contributed by atoms with Crippen LogP contribution in [-0.4, -0.2) is 45.6 Å². The van der Waals surface area contributed by atoms with Crippen molar-refractivity contribution < 1.29 is 9.47 Å². The summed E-state index contributed by atoms with van der Waals surface area (Å²) in [7, 11) is 3.49. The Kier molecular flexibility index (Phi) is 4.80. The number of anilines is 1. The molecule has 1 saturated heterocycles. The number of methoxy groups -OCH3 is 2. The Bertz CT molecular complexity index is 397. The summed E-state index contributed by atoms with van der Waals surface area (Å²) in [5, 5.41) is 0. The molecule has 2 rings (SSSR count). The van der Waals surface area contributed by atoms with Crippen LogP contribution in [0, 0.1) is 0 Å². The summed E-state index contributed by atoms with van der Waals surface area (Å²) in [5.41, 5.74) is 8.48. The molecule has 0 saturated carbocycles. The van der Waals surface area contributed by atoms with E-state index in [1.807, 2.05) is 6.92 Å². The van der Waals surface area contributed by atoms with Crippen LogP contribution in [0.25, 0.3) is 0 Å². The van der Waals surface area contributed by atoms with E-state index in [0.717, 1.165) is 19.5 Å². The van der Waals surface area contributed by atoms with E-state index < -0.39 is 0 Å². The standard InChI is InChI=1S/C15H24N2O2/c1-11(16)8-12-6-4-5-7-13(12)17-9-14(18-2)15(10-17)19-3/h4-7,11,14-15H,8-10,16H2,1-3H3. The first-order chi connectivity index (χ1) is 9.15. The molecule has 4 nitrogen and oxygen atoms in total. The van der Waals surface area contributed by atoms with Gasteiger partial charge in [0.25, 0.3) is 0 Å². The van der Waals surface area contributed by atoms with Crippen LogP contribution in [0.5, 0.6) is 0 Å². The van der Waals surface area contributed by atoms with E-state index in [1.54, 1.807) is 14.2 Å². The Morgan fingerprint density at radius 2 is 1.79 bits per heavy atom. The fourth-order valence-corrected chi connectivity index (χ4v) is 2.73. The molecule has 0 aliphatic carbocycles. The zero-order valence-electron chi connectivity index (χ0n) is 12.0. The second-order valence-corrected chi connectivity index (χ2v) is 5.26. The van der Waals surface area contributed by atoms with Crippen LogP contribution < -0.4 is 10.6 Å². The van der Waals surface area contributed by atoms with Crippen molar-refractivity contribution in [3.05, 3.63) is 29.8 Å². The molecule has 4 heteroatoms. The van der Waals surface area contributed by atoms with Gasteiger partial charge in [0, 0.05) is 39.0 Å². The molecular weight excluding hydrogens is 240 g/mol. The first kappa shape index (κ1) is 14.3. The molecule has 3 unspecified atom stereocenters. The molecule has 19 heavy (non-hydrogen) atoms. The van der Waals surface area contributed by atoms with Gasteiger partial charge in [-0.25, -0.2) is 0 Å². The van der Waals surface area contributed by atoms with E-state index in [0.29, 0.717) is 0 Å². The molecule has 0 radical (unpaired) electrons. The molecule has 106 valence electrons. The Balaban J connectivity index is 2.18. The summed E-state index contributed by atoms with van der Waals surface area (Å²) < 4.78 is 11.0. The Morgan fingerprint density at radius 3 is 2.32 bits per heavy atom. The van der Waals surface area contributed by atoms with Gasteiger partial charge in [0.2, 0.25) is 0 Å². The molecule has 1 aliphatic rings. The van der Waals surface area contributed by atoms with E-state index in [4.69, 9.17) is 15.2 Å². The van der Waals surface area contributed by atoms with Crippen LogP contribution in [-0.2, 0) is 15.9 Å².